The van der Waals surface area contributed by atoms with E-state index in [1.807, 2.05) is 24.3 Å². The van der Waals surface area contributed by atoms with Gasteiger partial charge in [-0.1, -0.05) is 18.2 Å². The molecule has 230 valence electrons. The van der Waals surface area contributed by atoms with Crippen molar-refractivity contribution in [1.29, 1.82) is 0 Å². The monoisotopic (exact) mass is 594 g/mol. The molecule has 0 aliphatic carbocycles. The molecule has 2 aromatic heterocycles. The van der Waals surface area contributed by atoms with Crippen molar-refractivity contribution in [3.8, 4) is 0 Å². The summed E-state index contributed by atoms with van der Waals surface area (Å²) in [5.41, 5.74) is 19.3. The van der Waals surface area contributed by atoms with Gasteiger partial charge < -0.3 is 47.8 Å². The fourth-order valence-corrected chi connectivity index (χ4v) is 5.26. The number of rotatable bonds is 14. The Kier molecular flexibility index (Phi) is 10.3. The fourth-order valence-electron chi connectivity index (χ4n) is 5.26. The van der Waals surface area contributed by atoms with Gasteiger partial charge in [-0.2, -0.15) is 0 Å². The number of hydrogen-bond acceptors (Lipinski definition) is 7. The van der Waals surface area contributed by atoms with Crippen molar-refractivity contribution < 1.29 is 24.3 Å². The molecule has 1 aromatic carbocycles. The molecule has 0 bridgehead atoms. The van der Waals surface area contributed by atoms with Crippen LogP contribution in [0.25, 0.3) is 10.9 Å². The molecule has 1 saturated heterocycles. The summed E-state index contributed by atoms with van der Waals surface area (Å²) < 4.78 is 0. The summed E-state index contributed by atoms with van der Waals surface area (Å²) in [5.74, 6) is -2.90. The topological polar surface area (TPSA) is 251 Å². The zero-order chi connectivity index (χ0) is 30.9. The summed E-state index contributed by atoms with van der Waals surface area (Å²) in [6.07, 6.45) is 6.43. The van der Waals surface area contributed by atoms with Crippen molar-refractivity contribution >= 4 is 40.6 Å². The van der Waals surface area contributed by atoms with Crippen molar-refractivity contribution in [2.45, 2.75) is 62.7 Å². The van der Waals surface area contributed by atoms with E-state index in [1.54, 1.807) is 12.4 Å². The van der Waals surface area contributed by atoms with E-state index in [0.29, 0.717) is 25.0 Å². The maximum absolute atomic E-state index is 13.8. The second-order valence-electron chi connectivity index (χ2n) is 10.6. The normalized spacial score (nSPS) is 16.8. The molecule has 15 heteroatoms. The summed E-state index contributed by atoms with van der Waals surface area (Å²) in [5, 5.41) is 16.0. The van der Waals surface area contributed by atoms with Gasteiger partial charge in [0.15, 0.2) is 5.96 Å². The van der Waals surface area contributed by atoms with Gasteiger partial charge in [0.25, 0.3) is 0 Å². The van der Waals surface area contributed by atoms with Crippen LogP contribution in [0.3, 0.4) is 0 Å². The number of likely N-dealkylation sites (tertiary alicyclic amines) is 1. The van der Waals surface area contributed by atoms with Crippen molar-refractivity contribution in [1.82, 2.24) is 30.5 Å². The predicted octanol–water partition coefficient (Wildman–Crippen LogP) is -0.898. The first-order valence-electron chi connectivity index (χ1n) is 14.1. The zero-order valence-electron chi connectivity index (χ0n) is 23.7. The first-order chi connectivity index (χ1) is 20.6. The molecule has 4 unspecified atom stereocenters. The summed E-state index contributed by atoms with van der Waals surface area (Å²) in [6, 6.07) is 3.43. The van der Waals surface area contributed by atoms with E-state index in [2.05, 4.69) is 30.6 Å². The first kappa shape index (κ1) is 31.0. The number of benzene rings is 1. The van der Waals surface area contributed by atoms with E-state index in [9.17, 15) is 24.3 Å². The Labute approximate surface area is 247 Å². The van der Waals surface area contributed by atoms with Crippen LogP contribution in [-0.4, -0.2) is 91.9 Å². The second kappa shape index (κ2) is 14.3. The van der Waals surface area contributed by atoms with Crippen molar-refractivity contribution in [3.63, 3.8) is 0 Å². The first-order valence-corrected chi connectivity index (χ1v) is 14.1. The third-order valence-corrected chi connectivity index (χ3v) is 7.44. The number of hydrogen-bond donors (Lipinski definition) is 8. The highest BCUT2D eigenvalue weighted by atomic mass is 16.4. The van der Waals surface area contributed by atoms with Crippen LogP contribution in [0, 0.1) is 0 Å². The predicted molar refractivity (Wildman–Crippen MR) is 158 cm³/mol. The lowest BCUT2D eigenvalue weighted by Gasteiger charge is -2.29. The van der Waals surface area contributed by atoms with Gasteiger partial charge >= 0.3 is 5.97 Å². The highest BCUT2D eigenvalue weighted by Gasteiger charge is 2.38. The summed E-state index contributed by atoms with van der Waals surface area (Å²) in [7, 11) is 0. The van der Waals surface area contributed by atoms with E-state index in [-0.39, 0.29) is 38.3 Å². The van der Waals surface area contributed by atoms with E-state index < -0.39 is 47.9 Å². The number of fused-ring (bicyclic) bond motifs is 1. The molecular weight excluding hydrogens is 556 g/mol. The van der Waals surface area contributed by atoms with Crippen molar-refractivity contribution in [2.75, 3.05) is 13.1 Å². The number of nitrogens with zero attached hydrogens (tertiary/aromatic N) is 3. The largest absolute Gasteiger partial charge is 0.480 e. The van der Waals surface area contributed by atoms with Crippen molar-refractivity contribution in [3.05, 3.63) is 54.2 Å². The van der Waals surface area contributed by atoms with Crippen LogP contribution >= 0.6 is 0 Å². The van der Waals surface area contributed by atoms with Gasteiger partial charge in [0.2, 0.25) is 17.7 Å². The lowest BCUT2D eigenvalue weighted by molar-refractivity contribution is -0.149. The smallest absolute Gasteiger partial charge is 0.326 e. The number of para-hydroxylation sites is 1. The number of carboxylic acid groups (broad SMARTS) is 1. The summed E-state index contributed by atoms with van der Waals surface area (Å²) >= 11 is 0. The van der Waals surface area contributed by atoms with Gasteiger partial charge in [-0.05, 0) is 37.3 Å². The number of imidazole rings is 1. The number of aliphatic carboxylic acids is 1. The van der Waals surface area contributed by atoms with Crippen LogP contribution < -0.4 is 27.8 Å². The molecule has 43 heavy (non-hydrogen) atoms. The highest BCUT2D eigenvalue weighted by Crippen LogP contribution is 2.21. The Morgan fingerprint density at radius 1 is 1.09 bits per heavy atom. The van der Waals surface area contributed by atoms with Crippen molar-refractivity contribution in [2.24, 2.45) is 22.2 Å². The lowest BCUT2D eigenvalue weighted by Crippen LogP contribution is -2.57. The number of H-pyrrole nitrogens is 2. The summed E-state index contributed by atoms with van der Waals surface area (Å²) in [4.78, 5) is 67.6. The Morgan fingerprint density at radius 3 is 2.58 bits per heavy atom. The van der Waals surface area contributed by atoms with Crippen LogP contribution in [0.4, 0.5) is 0 Å². The molecule has 11 N–H and O–H groups in total. The van der Waals surface area contributed by atoms with Crippen LogP contribution in [-0.2, 0) is 32.0 Å². The van der Waals surface area contributed by atoms with E-state index >= 15 is 0 Å². The minimum atomic E-state index is -1.10. The number of aromatic amines is 2. The number of aromatic nitrogens is 3. The fraction of sp³-hybridized carbons (Fsp3) is 0.429. The number of nitrogens with one attached hydrogen (secondary N) is 4. The third kappa shape index (κ3) is 8.09. The van der Waals surface area contributed by atoms with Gasteiger partial charge in [0.1, 0.15) is 18.1 Å². The van der Waals surface area contributed by atoms with Gasteiger partial charge in [-0.3, -0.25) is 19.4 Å². The summed E-state index contributed by atoms with van der Waals surface area (Å²) in [6.45, 7) is 0.469. The van der Waals surface area contributed by atoms with Crippen LogP contribution in [0.15, 0.2) is 48.0 Å². The molecule has 3 amide bonds. The van der Waals surface area contributed by atoms with Crippen LogP contribution in [0.2, 0.25) is 0 Å². The maximum atomic E-state index is 13.8. The van der Waals surface area contributed by atoms with E-state index in [1.165, 1.54) is 11.2 Å². The van der Waals surface area contributed by atoms with E-state index in [4.69, 9.17) is 17.2 Å². The minimum absolute atomic E-state index is 0.106. The number of carbonyl (C=O) groups excluding carboxylic acids is 3. The Balaban J connectivity index is 1.56. The van der Waals surface area contributed by atoms with Crippen LogP contribution in [0.1, 0.15) is 36.9 Å². The molecule has 1 fully saturated rings. The highest BCUT2D eigenvalue weighted by molar-refractivity contribution is 5.95. The molecular formula is C28H38N10O5. The second-order valence-corrected chi connectivity index (χ2v) is 10.6. The molecule has 4 rings (SSSR count). The SMILES string of the molecule is NC(N)=NCCCC(NC(=O)C(Cc1c[nH]c2ccccc12)NC(=O)C(N)Cc1cnc[nH]1)C(=O)N1CCCC1C(=O)O. The number of amides is 3. The molecule has 1 aliphatic heterocycles. The standard InChI is InChI=1S/C28H38N10O5/c29-19(12-17-14-32-15-35-17)24(39)37-22(11-16-13-34-20-6-2-1-5-18(16)20)25(40)36-21(7-3-9-33-28(30)31)26(41)38-10-4-8-23(38)27(42)43/h1-2,5-6,13-15,19,21-23,34H,3-4,7-12,29H2,(H,32,35)(H,36,40)(H,37,39)(H,42,43)(H4,30,31,33). The van der Waals surface area contributed by atoms with Gasteiger partial charge in [-0.15, -0.1) is 0 Å². The molecule has 4 atom stereocenters. The Hall–Kier alpha value is -4.92. The molecule has 3 heterocycles. The molecule has 0 radical (unpaired) electrons. The molecule has 0 spiro atoms. The Morgan fingerprint density at radius 2 is 1.86 bits per heavy atom. The average molecular weight is 595 g/mol. The lowest BCUT2D eigenvalue weighted by atomic mass is 10.0. The molecule has 1 aliphatic rings. The quantitative estimate of drug-likeness (QED) is 0.0653. The number of carbonyl (C=O) groups is 4. The molecule has 0 saturated carbocycles. The molecule has 3 aromatic rings. The average Bonchev–Trinajstić information content (AvgIpc) is 3.75. The van der Waals surface area contributed by atoms with E-state index in [0.717, 1.165) is 16.5 Å². The number of aliphatic imine (C=N–C) groups is 1. The number of carboxylic acids is 1. The number of nitrogens with two attached hydrogens (primary N) is 3. The van der Waals surface area contributed by atoms with Gasteiger partial charge in [-0.25, -0.2) is 9.78 Å². The maximum Gasteiger partial charge on any atom is 0.326 e. The molecule has 15 nitrogen and oxygen atoms in total. The number of guanidine groups is 1. The van der Waals surface area contributed by atoms with Gasteiger partial charge in [0, 0.05) is 54.9 Å². The minimum Gasteiger partial charge on any atom is -0.480 e. The zero-order valence-corrected chi connectivity index (χ0v) is 23.7. The third-order valence-electron chi connectivity index (χ3n) is 7.44. The van der Waals surface area contributed by atoms with Gasteiger partial charge in [0.05, 0.1) is 12.4 Å². The van der Waals surface area contributed by atoms with Crippen LogP contribution in [0.5, 0.6) is 0 Å². The Bertz CT molecular complexity index is 1450.